The summed E-state index contributed by atoms with van der Waals surface area (Å²) in [5.41, 5.74) is 2.69. The molecule has 0 bridgehead atoms. The van der Waals surface area contributed by atoms with E-state index in [2.05, 4.69) is 64.4 Å². The Morgan fingerprint density at radius 3 is 1.76 bits per heavy atom. The van der Waals surface area contributed by atoms with E-state index in [0.717, 1.165) is 32.6 Å². The van der Waals surface area contributed by atoms with E-state index in [0.29, 0.717) is 25.1 Å². The van der Waals surface area contributed by atoms with Gasteiger partial charge < -0.3 is 5.11 Å². The zero-order chi connectivity index (χ0) is 20.3. The van der Waals surface area contributed by atoms with Gasteiger partial charge in [-0.2, -0.15) is 5.26 Å². The lowest BCUT2D eigenvalue weighted by Gasteiger charge is -2.22. The summed E-state index contributed by atoms with van der Waals surface area (Å²) in [7, 11) is 0. The summed E-state index contributed by atoms with van der Waals surface area (Å²) in [5, 5.41) is 17.9. The highest BCUT2D eigenvalue weighted by Crippen LogP contribution is 2.22. The van der Waals surface area contributed by atoms with Gasteiger partial charge in [0.25, 0.3) is 0 Å². The number of nitriles is 1. The highest BCUT2D eigenvalue weighted by atomic mass is 16.3. The first-order valence-corrected chi connectivity index (χ1v) is 10.8. The van der Waals surface area contributed by atoms with Gasteiger partial charge in [0.1, 0.15) is 0 Å². The summed E-state index contributed by atoms with van der Waals surface area (Å²) in [6.45, 7) is 4.54. The quantitative estimate of drug-likeness (QED) is 0.801. The molecule has 2 aromatic carbocycles. The molecule has 0 aliphatic carbocycles. The SMILES string of the molecule is N#CC[C@@H]1CCCN1Cc1ccccc1.OC[C@@H]1CCCN1Cc1ccccc1. The topological polar surface area (TPSA) is 50.5 Å². The average molecular weight is 392 g/mol. The van der Waals surface area contributed by atoms with Crippen molar-refractivity contribution in [1.82, 2.24) is 9.80 Å². The molecule has 2 aliphatic rings. The Balaban J connectivity index is 0.000000166. The first-order chi connectivity index (χ1) is 14.3. The number of rotatable bonds is 6. The molecular weight excluding hydrogens is 358 g/mol. The van der Waals surface area contributed by atoms with Crippen LogP contribution in [-0.4, -0.2) is 46.7 Å². The second kappa shape index (κ2) is 11.7. The Morgan fingerprint density at radius 1 is 0.793 bits per heavy atom. The lowest BCUT2D eigenvalue weighted by molar-refractivity contribution is 0.153. The van der Waals surface area contributed by atoms with Crippen LogP contribution in [-0.2, 0) is 13.1 Å². The van der Waals surface area contributed by atoms with Gasteiger partial charge in [-0.1, -0.05) is 60.7 Å². The Kier molecular flexibility index (Phi) is 8.70. The molecule has 0 unspecified atom stereocenters. The highest BCUT2D eigenvalue weighted by molar-refractivity contribution is 5.15. The molecule has 0 saturated carbocycles. The van der Waals surface area contributed by atoms with Crippen molar-refractivity contribution in [3.8, 4) is 6.07 Å². The second-order valence-corrected chi connectivity index (χ2v) is 8.05. The van der Waals surface area contributed by atoms with Crippen LogP contribution < -0.4 is 0 Å². The summed E-state index contributed by atoms with van der Waals surface area (Å²) in [6.07, 6.45) is 5.45. The van der Waals surface area contributed by atoms with Crippen molar-refractivity contribution < 1.29 is 5.11 Å². The molecule has 2 aliphatic heterocycles. The fraction of sp³-hybridized carbons (Fsp3) is 0.480. The first kappa shape index (κ1) is 21.5. The lowest BCUT2D eigenvalue weighted by Crippen LogP contribution is -2.31. The van der Waals surface area contributed by atoms with Gasteiger partial charge in [-0.05, 0) is 49.9 Å². The minimum atomic E-state index is 0.298. The molecule has 2 saturated heterocycles. The summed E-state index contributed by atoms with van der Waals surface area (Å²) < 4.78 is 0. The molecular formula is C25H33N3O. The van der Waals surface area contributed by atoms with E-state index in [4.69, 9.17) is 5.26 Å². The molecule has 4 heteroatoms. The normalized spacial score (nSPS) is 22.1. The molecule has 154 valence electrons. The summed E-state index contributed by atoms with van der Waals surface area (Å²) in [5.74, 6) is 0. The van der Waals surface area contributed by atoms with Crippen molar-refractivity contribution in [2.24, 2.45) is 0 Å². The average Bonchev–Trinajstić information content (AvgIpc) is 3.40. The summed E-state index contributed by atoms with van der Waals surface area (Å²) >= 11 is 0. The van der Waals surface area contributed by atoms with Crippen molar-refractivity contribution in [1.29, 1.82) is 5.26 Å². The van der Waals surface area contributed by atoms with Crippen LogP contribution in [0.5, 0.6) is 0 Å². The van der Waals surface area contributed by atoms with Crippen molar-refractivity contribution in [3.63, 3.8) is 0 Å². The number of benzene rings is 2. The number of hydrogen-bond donors (Lipinski definition) is 1. The molecule has 4 rings (SSSR count). The summed E-state index contributed by atoms with van der Waals surface area (Å²) in [6, 6.07) is 24.1. The van der Waals surface area contributed by atoms with E-state index in [1.807, 2.05) is 12.1 Å². The van der Waals surface area contributed by atoms with Gasteiger partial charge >= 0.3 is 0 Å². The van der Waals surface area contributed by atoms with Gasteiger partial charge in [0.05, 0.1) is 19.1 Å². The Hall–Kier alpha value is -2.19. The predicted molar refractivity (Wildman–Crippen MR) is 117 cm³/mol. The van der Waals surface area contributed by atoms with Crippen molar-refractivity contribution in [3.05, 3.63) is 71.8 Å². The van der Waals surface area contributed by atoms with Crippen LogP contribution in [0.3, 0.4) is 0 Å². The molecule has 2 aromatic rings. The third kappa shape index (κ3) is 6.68. The molecule has 0 spiro atoms. The molecule has 2 heterocycles. The molecule has 29 heavy (non-hydrogen) atoms. The smallest absolute Gasteiger partial charge is 0.0638 e. The maximum atomic E-state index is 9.17. The number of likely N-dealkylation sites (tertiary alicyclic amines) is 2. The van der Waals surface area contributed by atoms with E-state index in [1.54, 1.807) is 0 Å². The first-order valence-electron chi connectivity index (χ1n) is 10.8. The predicted octanol–water partition coefficient (Wildman–Crippen LogP) is 4.21. The van der Waals surface area contributed by atoms with Crippen LogP contribution in [0.1, 0.15) is 43.2 Å². The van der Waals surface area contributed by atoms with Crippen LogP contribution >= 0.6 is 0 Å². The monoisotopic (exact) mass is 391 g/mol. The van der Waals surface area contributed by atoms with Gasteiger partial charge in [0, 0.05) is 25.2 Å². The Labute approximate surface area is 175 Å². The van der Waals surface area contributed by atoms with Gasteiger partial charge in [-0.15, -0.1) is 0 Å². The van der Waals surface area contributed by atoms with E-state index >= 15 is 0 Å². The highest BCUT2D eigenvalue weighted by Gasteiger charge is 2.24. The molecule has 0 radical (unpaired) electrons. The molecule has 2 fully saturated rings. The Morgan fingerprint density at radius 2 is 1.28 bits per heavy atom. The Bertz CT molecular complexity index is 744. The second-order valence-electron chi connectivity index (χ2n) is 8.05. The van der Waals surface area contributed by atoms with Crippen LogP contribution in [0.2, 0.25) is 0 Å². The number of nitrogens with zero attached hydrogens (tertiary/aromatic N) is 3. The zero-order valence-corrected chi connectivity index (χ0v) is 17.3. The van der Waals surface area contributed by atoms with Crippen LogP contribution in [0.4, 0.5) is 0 Å². The number of hydrogen-bond acceptors (Lipinski definition) is 4. The lowest BCUT2D eigenvalue weighted by atomic mass is 10.1. The fourth-order valence-corrected chi connectivity index (χ4v) is 4.39. The third-order valence-electron chi connectivity index (χ3n) is 5.99. The summed E-state index contributed by atoms with van der Waals surface area (Å²) in [4.78, 5) is 4.80. The minimum Gasteiger partial charge on any atom is -0.395 e. The van der Waals surface area contributed by atoms with Crippen molar-refractivity contribution >= 4 is 0 Å². The maximum Gasteiger partial charge on any atom is 0.0638 e. The van der Waals surface area contributed by atoms with Crippen molar-refractivity contribution in [2.45, 2.75) is 57.3 Å². The zero-order valence-electron chi connectivity index (χ0n) is 17.3. The molecule has 0 aromatic heterocycles. The molecule has 0 amide bonds. The van der Waals surface area contributed by atoms with E-state index in [-0.39, 0.29) is 0 Å². The largest absolute Gasteiger partial charge is 0.395 e. The van der Waals surface area contributed by atoms with Crippen molar-refractivity contribution in [2.75, 3.05) is 19.7 Å². The number of aliphatic hydroxyl groups excluding tert-OH is 1. The van der Waals surface area contributed by atoms with E-state index in [9.17, 15) is 5.11 Å². The molecule has 4 nitrogen and oxygen atoms in total. The van der Waals surface area contributed by atoms with Gasteiger partial charge in [-0.3, -0.25) is 9.80 Å². The minimum absolute atomic E-state index is 0.298. The van der Waals surface area contributed by atoms with Gasteiger partial charge in [0.2, 0.25) is 0 Å². The van der Waals surface area contributed by atoms with Crippen LogP contribution in [0, 0.1) is 11.3 Å². The van der Waals surface area contributed by atoms with E-state index < -0.39 is 0 Å². The standard InChI is InChI=1S/C13H16N2.C12H17NO/c14-9-8-13-7-4-10-15(13)11-12-5-2-1-3-6-12;14-10-12-7-4-8-13(12)9-11-5-2-1-3-6-11/h1-3,5-6,13H,4,7-8,10-11H2;1-3,5-6,12,14H,4,7-10H2/t13-;12-/m00/s1. The fourth-order valence-electron chi connectivity index (χ4n) is 4.39. The molecule has 1 N–H and O–H groups in total. The van der Waals surface area contributed by atoms with Crippen LogP contribution in [0.15, 0.2) is 60.7 Å². The van der Waals surface area contributed by atoms with Crippen LogP contribution in [0.25, 0.3) is 0 Å². The molecule has 2 atom stereocenters. The third-order valence-corrected chi connectivity index (χ3v) is 5.99. The van der Waals surface area contributed by atoms with E-state index in [1.165, 1.54) is 30.4 Å². The van der Waals surface area contributed by atoms with Gasteiger partial charge in [-0.25, -0.2) is 0 Å². The van der Waals surface area contributed by atoms with Gasteiger partial charge in [0.15, 0.2) is 0 Å². The number of aliphatic hydroxyl groups is 1. The maximum absolute atomic E-state index is 9.17.